The molecular weight excluding hydrogens is 404 g/mol. The van der Waals surface area contributed by atoms with Crippen molar-refractivity contribution < 1.29 is 14.6 Å². The van der Waals surface area contributed by atoms with Crippen molar-refractivity contribution in [2.45, 2.75) is 52.0 Å². The van der Waals surface area contributed by atoms with Crippen LogP contribution >= 0.6 is 0 Å². The number of aliphatic hydroxyl groups is 1. The highest BCUT2D eigenvalue weighted by Gasteiger charge is 2.31. The summed E-state index contributed by atoms with van der Waals surface area (Å²) < 4.78 is 11.5. The summed E-state index contributed by atoms with van der Waals surface area (Å²) >= 11 is 0. The maximum Gasteiger partial charge on any atom is 0.191 e. The number of ether oxygens (including phenoxy) is 2. The highest BCUT2D eigenvalue weighted by Crippen LogP contribution is 2.38. The van der Waals surface area contributed by atoms with Crippen molar-refractivity contribution in [3.05, 3.63) is 29.8 Å². The molecule has 1 heterocycles. The quantitative estimate of drug-likeness (QED) is 0.358. The van der Waals surface area contributed by atoms with Gasteiger partial charge in [-0.15, -0.1) is 0 Å². The number of nitrogens with one attached hydrogen (secondary N) is 2. The van der Waals surface area contributed by atoms with Gasteiger partial charge < -0.3 is 25.2 Å². The Morgan fingerprint density at radius 3 is 2.69 bits per heavy atom. The van der Waals surface area contributed by atoms with E-state index in [2.05, 4.69) is 28.5 Å². The Hall–Kier alpha value is -1.83. The van der Waals surface area contributed by atoms with E-state index in [1.807, 2.05) is 18.2 Å². The van der Waals surface area contributed by atoms with Gasteiger partial charge in [-0.1, -0.05) is 37.5 Å². The molecule has 0 radical (unpaired) electrons. The number of guanidine groups is 1. The lowest BCUT2D eigenvalue weighted by atomic mass is 9.72. The average Bonchev–Trinajstić information content (AvgIpc) is 2.83. The Balaban J connectivity index is 1.55. The third kappa shape index (κ3) is 7.94. The van der Waals surface area contributed by atoms with Gasteiger partial charge in [-0.2, -0.15) is 0 Å². The van der Waals surface area contributed by atoms with Crippen LogP contribution in [0.15, 0.2) is 29.3 Å². The van der Waals surface area contributed by atoms with Crippen LogP contribution in [-0.2, 0) is 11.3 Å². The number of morpholine rings is 1. The molecule has 3 N–H and O–H groups in total. The zero-order valence-electron chi connectivity index (χ0n) is 19.8. The van der Waals surface area contributed by atoms with Gasteiger partial charge >= 0.3 is 0 Å². The smallest absolute Gasteiger partial charge is 0.191 e. The molecule has 1 aliphatic carbocycles. The molecule has 0 bridgehead atoms. The topological polar surface area (TPSA) is 78.4 Å². The van der Waals surface area contributed by atoms with Crippen LogP contribution < -0.4 is 15.4 Å². The molecule has 0 unspecified atom stereocenters. The molecule has 7 nitrogen and oxygen atoms in total. The molecule has 1 saturated heterocycles. The SMILES string of the molecule is CCNC(=NCc1ccccc1OCCN1CCOCC1)NCC1(CCO)CCCCC1. The molecule has 1 saturated carbocycles. The Labute approximate surface area is 193 Å². The third-order valence-electron chi connectivity index (χ3n) is 6.68. The number of rotatable bonds is 11. The summed E-state index contributed by atoms with van der Waals surface area (Å²) in [5.41, 5.74) is 1.28. The summed E-state index contributed by atoms with van der Waals surface area (Å²) in [5.74, 6) is 1.74. The Morgan fingerprint density at radius 2 is 1.94 bits per heavy atom. The Kier molecular flexibility index (Phi) is 10.6. The summed E-state index contributed by atoms with van der Waals surface area (Å²) in [4.78, 5) is 7.22. The lowest BCUT2D eigenvalue weighted by Gasteiger charge is -2.37. The minimum Gasteiger partial charge on any atom is -0.492 e. The maximum absolute atomic E-state index is 9.59. The molecular formula is C25H42N4O3. The van der Waals surface area contributed by atoms with Gasteiger partial charge in [0.25, 0.3) is 0 Å². The molecule has 3 rings (SSSR count). The van der Waals surface area contributed by atoms with Crippen LogP contribution in [0.5, 0.6) is 5.75 Å². The number of aliphatic imine (C=N–C) groups is 1. The van der Waals surface area contributed by atoms with Crippen molar-refractivity contribution in [2.24, 2.45) is 10.4 Å². The molecule has 0 aromatic heterocycles. The van der Waals surface area contributed by atoms with Crippen molar-refractivity contribution in [1.29, 1.82) is 0 Å². The van der Waals surface area contributed by atoms with Crippen LogP contribution in [0, 0.1) is 5.41 Å². The number of benzene rings is 1. The molecule has 1 aliphatic heterocycles. The minimum atomic E-state index is 0.184. The largest absolute Gasteiger partial charge is 0.492 e. The van der Waals surface area contributed by atoms with E-state index < -0.39 is 0 Å². The van der Waals surface area contributed by atoms with Crippen molar-refractivity contribution in [2.75, 3.05) is 59.2 Å². The number of hydrogen-bond acceptors (Lipinski definition) is 5. The second kappa shape index (κ2) is 13.7. The standard InChI is InChI=1S/C25H42N4O3/c1-2-26-24(28-21-25(12-16-30)10-6-3-7-11-25)27-20-22-8-4-5-9-23(22)32-19-15-29-13-17-31-18-14-29/h4-5,8-9,30H,2-3,6-7,10-21H2,1H3,(H2,26,27,28). The second-order valence-electron chi connectivity index (χ2n) is 8.99. The highest BCUT2D eigenvalue weighted by molar-refractivity contribution is 5.79. The molecule has 2 aliphatic rings. The van der Waals surface area contributed by atoms with Gasteiger partial charge in [0.2, 0.25) is 0 Å². The van der Waals surface area contributed by atoms with E-state index in [0.29, 0.717) is 13.2 Å². The first kappa shape index (κ1) is 24.8. The van der Waals surface area contributed by atoms with Gasteiger partial charge in [0.05, 0.1) is 19.8 Å². The predicted octanol–water partition coefficient (Wildman–Crippen LogP) is 2.79. The first-order valence-electron chi connectivity index (χ1n) is 12.4. The molecule has 0 atom stereocenters. The van der Waals surface area contributed by atoms with Crippen LogP contribution in [-0.4, -0.2) is 75.1 Å². The van der Waals surface area contributed by atoms with Crippen molar-refractivity contribution in [1.82, 2.24) is 15.5 Å². The molecule has 2 fully saturated rings. The van der Waals surface area contributed by atoms with Crippen LogP contribution in [0.25, 0.3) is 0 Å². The first-order chi connectivity index (χ1) is 15.7. The summed E-state index contributed by atoms with van der Waals surface area (Å²) in [6.45, 7) is 9.74. The Morgan fingerprint density at radius 1 is 1.16 bits per heavy atom. The summed E-state index contributed by atoms with van der Waals surface area (Å²) in [6, 6.07) is 8.18. The Bertz CT molecular complexity index is 680. The highest BCUT2D eigenvalue weighted by atomic mass is 16.5. The number of aliphatic hydroxyl groups excluding tert-OH is 1. The van der Waals surface area contributed by atoms with E-state index in [-0.39, 0.29) is 12.0 Å². The van der Waals surface area contributed by atoms with Gasteiger partial charge in [0, 0.05) is 44.9 Å². The maximum atomic E-state index is 9.59. The zero-order chi connectivity index (χ0) is 22.5. The van der Waals surface area contributed by atoms with Crippen LogP contribution in [0.4, 0.5) is 0 Å². The molecule has 0 spiro atoms. The van der Waals surface area contributed by atoms with Crippen LogP contribution in [0.1, 0.15) is 51.0 Å². The number of hydrogen-bond donors (Lipinski definition) is 3. The lowest BCUT2D eigenvalue weighted by Crippen LogP contribution is -2.45. The van der Waals surface area contributed by atoms with Crippen molar-refractivity contribution in [3.8, 4) is 5.75 Å². The van der Waals surface area contributed by atoms with Crippen LogP contribution in [0.2, 0.25) is 0 Å². The van der Waals surface area contributed by atoms with E-state index in [4.69, 9.17) is 14.5 Å². The summed E-state index contributed by atoms with van der Waals surface area (Å²) in [7, 11) is 0. The fraction of sp³-hybridized carbons (Fsp3) is 0.720. The fourth-order valence-corrected chi connectivity index (χ4v) is 4.72. The van der Waals surface area contributed by atoms with E-state index in [0.717, 1.165) is 69.6 Å². The normalized spacial score (nSPS) is 19.5. The molecule has 1 aromatic rings. The molecule has 0 amide bonds. The number of nitrogens with zero attached hydrogens (tertiary/aromatic N) is 2. The van der Waals surface area contributed by atoms with E-state index >= 15 is 0 Å². The van der Waals surface area contributed by atoms with E-state index in [1.165, 1.54) is 32.1 Å². The van der Waals surface area contributed by atoms with Crippen molar-refractivity contribution in [3.63, 3.8) is 0 Å². The van der Waals surface area contributed by atoms with Crippen LogP contribution in [0.3, 0.4) is 0 Å². The summed E-state index contributed by atoms with van der Waals surface area (Å²) in [5, 5.41) is 16.5. The van der Waals surface area contributed by atoms with E-state index in [1.54, 1.807) is 0 Å². The van der Waals surface area contributed by atoms with E-state index in [9.17, 15) is 5.11 Å². The monoisotopic (exact) mass is 446 g/mol. The first-order valence-corrected chi connectivity index (χ1v) is 12.4. The average molecular weight is 447 g/mol. The van der Waals surface area contributed by atoms with Gasteiger partial charge in [0.1, 0.15) is 12.4 Å². The lowest BCUT2D eigenvalue weighted by molar-refractivity contribution is 0.0322. The second-order valence-corrected chi connectivity index (χ2v) is 8.99. The zero-order valence-corrected chi connectivity index (χ0v) is 19.8. The molecule has 180 valence electrons. The fourth-order valence-electron chi connectivity index (χ4n) is 4.72. The van der Waals surface area contributed by atoms with Gasteiger partial charge in [0.15, 0.2) is 5.96 Å². The summed E-state index contributed by atoms with van der Waals surface area (Å²) in [6.07, 6.45) is 7.04. The van der Waals surface area contributed by atoms with Gasteiger partial charge in [-0.3, -0.25) is 4.90 Å². The van der Waals surface area contributed by atoms with Gasteiger partial charge in [-0.25, -0.2) is 4.99 Å². The molecule has 1 aromatic carbocycles. The third-order valence-corrected chi connectivity index (χ3v) is 6.68. The predicted molar refractivity (Wildman–Crippen MR) is 129 cm³/mol. The molecule has 32 heavy (non-hydrogen) atoms. The molecule has 7 heteroatoms. The number of para-hydroxylation sites is 1. The minimum absolute atomic E-state index is 0.184. The van der Waals surface area contributed by atoms with Gasteiger partial charge in [-0.05, 0) is 37.7 Å². The van der Waals surface area contributed by atoms with Crippen molar-refractivity contribution >= 4 is 5.96 Å².